The van der Waals surface area contributed by atoms with Gasteiger partial charge in [-0.25, -0.2) is 13.6 Å². The first kappa shape index (κ1) is 18.3. The van der Waals surface area contributed by atoms with E-state index < -0.39 is 29.6 Å². The highest BCUT2D eigenvalue weighted by Gasteiger charge is 2.20. The Bertz CT molecular complexity index is 730. The van der Waals surface area contributed by atoms with E-state index in [0.717, 1.165) is 21.3 Å². The summed E-state index contributed by atoms with van der Waals surface area (Å²) in [7, 11) is 0. The molecule has 0 unspecified atom stereocenters. The summed E-state index contributed by atoms with van der Waals surface area (Å²) in [5.74, 6) is -3.36. The van der Waals surface area contributed by atoms with Crippen LogP contribution in [0.2, 0.25) is 0 Å². The van der Waals surface area contributed by atoms with Crippen LogP contribution >= 0.6 is 22.6 Å². The van der Waals surface area contributed by atoms with Crippen molar-refractivity contribution < 1.29 is 23.5 Å². The van der Waals surface area contributed by atoms with Crippen LogP contribution < -0.4 is 5.32 Å². The number of carbonyl (C=O) groups is 2. The molecule has 126 valence electrons. The average Bonchev–Trinajstić information content (AvgIpc) is 2.47. The van der Waals surface area contributed by atoms with Crippen molar-refractivity contribution in [3.05, 3.63) is 68.8 Å². The highest BCUT2D eigenvalue weighted by molar-refractivity contribution is 14.1. The number of carboxylic acids is 1. The highest BCUT2D eigenvalue weighted by Crippen LogP contribution is 2.11. The molecule has 4 nitrogen and oxygen atoms in total. The van der Waals surface area contributed by atoms with Crippen LogP contribution in [0.4, 0.5) is 8.78 Å². The minimum atomic E-state index is -1.17. The molecule has 0 radical (unpaired) electrons. The average molecular weight is 445 g/mol. The maximum absolute atomic E-state index is 13.1. The number of benzene rings is 2. The zero-order valence-corrected chi connectivity index (χ0v) is 14.6. The number of halogens is 3. The van der Waals surface area contributed by atoms with Gasteiger partial charge in [-0.15, -0.1) is 0 Å². The lowest BCUT2D eigenvalue weighted by Gasteiger charge is -2.15. The first-order valence-corrected chi connectivity index (χ1v) is 8.13. The quantitative estimate of drug-likeness (QED) is 0.673. The zero-order chi connectivity index (χ0) is 17.7. The van der Waals surface area contributed by atoms with Gasteiger partial charge in [0.15, 0.2) is 0 Å². The van der Waals surface area contributed by atoms with Gasteiger partial charge >= 0.3 is 5.97 Å². The topological polar surface area (TPSA) is 66.4 Å². The second-order valence-electron chi connectivity index (χ2n) is 5.24. The van der Waals surface area contributed by atoms with Crippen LogP contribution in [0.5, 0.6) is 0 Å². The smallest absolute Gasteiger partial charge is 0.326 e. The molecule has 0 aromatic heterocycles. The summed E-state index contributed by atoms with van der Waals surface area (Å²) < 4.78 is 27.3. The summed E-state index contributed by atoms with van der Waals surface area (Å²) in [4.78, 5) is 23.3. The lowest BCUT2D eigenvalue weighted by atomic mass is 10.1. The van der Waals surface area contributed by atoms with E-state index in [0.29, 0.717) is 6.07 Å². The maximum atomic E-state index is 13.1. The normalized spacial score (nSPS) is 11.8. The Balaban J connectivity index is 2.02. The molecular weight excluding hydrogens is 431 g/mol. The number of rotatable bonds is 6. The summed E-state index contributed by atoms with van der Waals surface area (Å²) >= 11 is 2.13. The molecule has 1 atom stereocenters. The van der Waals surface area contributed by atoms with Crippen LogP contribution in [0.25, 0.3) is 0 Å². The Morgan fingerprint density at radius 2 is 1.62 bits per heavy atom. The number of carboxylic acid groups (broad SMARTS) is 1. The van der Waals surface area contributed by atoms with Crippen molar-refractivity contribution in [1.29, 1.82) is 0 Å². The molecule has 2 rings (SSSR count). The lowest BCUT2D eigenvalue weighted by Crippen LogP contribution is -2.43. The third kappa shape index (κ3) is 5.55. The minimum absolute atomic E-state index is 0.121. The van der Waals surface area contributed by atoms with Crippen LogP contribution in [0.1, 0.15) is 11.1 Å². The molecule has 0 aliphatic carbocycles. The molecule has 0 aliphatic rings. The van der Waals surface area contributed by atoms with Gasteiger partial charge in [-0.3, -0.25) is 4.79 Å². The predicted molar refractivity (Wildman–Crippen MR) is 92.5 cm³/mol. The standard InChI is InChI=1S/C17H14F2INO3/c18-12-5-11(6-13(19)9-12)8-16(22)21-15(17(23)24)7-10-1-3-14(20)4-2-10/h1-6,9,15H,7-8H2,(H,21,22)(H,23,24)/t15-/m0/s1. The molecule has 0 saturated heterocycles. The van der Waals surface area contributed by atoms with E-state index in [9.17, 15) is 23.5 Å². The Kier molecular flexibility index (Phi) is 6.24. The summed E-state index contributed by atoms with van der Waals surface area (Å²) in [6.07, 6.45) is -0.180. The zero-order valence-electron chi connectivity index (χ0n) is 12.4. The molecule has 2 aromatic carbocycles. The van der Waals surface area contributed by atoms with E-state index in [-0.39, 0.29) is 18.4 Å². The van der Waals surface area contributed by atoms with E-state index in [4.69, 9.17) is 0 Å². The van der Waals surface area contributed by atoms with Crippen molar-refractivity contribution in [2.24, 2.45) is 0 Å². The SMILES string of the molecule is O=C(Cc1cc(F)cc(F)c1)N[C@@H](Cc1ccc(I)cc1)C(=O)O. The van der Waals surface area contributed by atoms with Crippen molar-refractivity contribution >= 4 is 34.5 Å². The summed E-state index contributed by atoms with van der Waals surface area (Å²) in [6, 6.07) is 8.92. The fourth-order valence-electron chi connectivity index (χ4n) is 2.20. The van der Waals surface area contributed by atoms with Gasteiger partial charge in [-0.1, -0.05) is 12.1 Å². The second kappa shape index (κ2) is 8.18. The number of nitrogens with one attached hydrogen (secondary N) is 1. The number of aliphatic carboxylic acids is 1. The van der Waals surface area contributed by atoms with E-state index in [1.807, 2.05) is 12.1 Å². The Morgan fingerprint density at radius 1 is 1.04 bits per heavy atom. The van der Waals surface area contributed by atoms with Gasteiger partial charge in [0.25, 0.3) is 0 Å². The third-order valence-corrected chi connectivity index (χ3v) is 3.99. The summed E-state index contributed by atoms with van der Waals surface area (Å²) in [5, 5.41) is 11.6. The van der Waals surface area contributed by atoms with E-state index in [2.05, 4.69) is 27.9 Å². The summed E-state index contributed by atoms with van der Waals surface area (Å²) in [5.41, 5.74) is 0.906. The van der Waals surface area contributed by atoms with Gasteiger partial charge in [0.05, 0.1) is 6.42 Å². The lowest BCUT2D eigenvalue weighted by molar-refractivity contribution is -0.141. The van der Waals surface area contributed by atoms with Crippen molar-refractivity contribution in [2.45, 2.75) is 18.9 Å². The molecule has 7 heteroatoms. The molecule has 0 spiro atoms. The Hall–Kier alpha value is -2.03. The van der Waals surface area contributed by atoms with E-state index in [1.54, 1.807) is 12.1 Å². The van der Waals surface area contributed by atoms with Crippen LogP contribution in [0, 0.1) is 15.2 Å². The van der Waals surface area contributed by atoms with Crippen molar-refractivity contribution in [3.63, 3.8) is 0 Å². The predicted octanol–water partition coefficient (Wildman–Crippen LogP) is 2.92. The molecule has 24 heavy (non-hydrogen) atoms. The molecule has 0 bridgehead atoms. The van der Waals surface area contributed by atoms with Crippen molar-refractivity contribution in [2.75, 3.05) is 0 Å². The molecule has 0 saturated carbocycles. The second-order valence-corrected chi connectivity index (χ2v) is 6.49. The minimum Gasteiger partial charge on any atom is -0.480 e. The van der Waals surface area contributed by atoms with Gasteiger partial charge in [0.2, 0.25) is 5.91 Å². The van der Waals surface area contributed by atoms with Gasteiger partial charge in [0, 0.05) is 16.1 Å². The summed E-state index contributed by atoms with van der Waals surface area (Å²) in [6.45, 7) is 0. The van der Waals surface area contributed by atoms with Crippen LogP contribution in [-0.4, -0.2) is 23.0 Å². The van der Waals surface area contributed by atoms with Gasteiger partial charge < -0.3 is 10.4 Å². The fourth-order valence-corrected chi connectivity index (χ4v) is 2.56. The molecule has 0 fully saturated rings. The van der Waals surface area contributed by atoms with E-state index in [1.165, 1.54) is 0 Å². The number of amides is 1. The molecule has 0 aliphatic heterocycles. The molecule has 2 N–H and O–H groups in total. The monoisotopic (exact) mass is 445 g/mol. The van der Waals surface area contributed by atoms with Crippen LogP contribution in [-0.2, 0) is 22.4 Å². The number of hydrogen-bond donors (Lipinski definition) is 2. The van der Waals surface area contributed by atoms with Gasteiger partial charge in [0.1, 0.15) is 17.7 Å². The maximum Gasteiger partial charge on any atom is 0.326 e. The number of hydrogen-bond acceptors (Lipinski definition) is 2. The van der Waals surface area contributed by atoms with Crippen LogP contribution in [0.3, 0.4) is 0 Å². The number of carbonyl (C=O) groups excluding carboxylic acids is 1. The largest absolute Gasteiger partial charge is 0.480 e. The first-order valence-electron chi connectivity index (χ1n) is 7.05. The van der Waals surface area contributed by atoms with Crippen LogP contribution in [0.15, 0.2) is 42.5 Å². The van der Waals surface area contributed by atoms with Crippen molar-refractivity contribution in [1.82, 2.24) is 5.32 Å². The Morgan fingerprint density at radius 3 is 2.17 bits per heavy atom. The van der Waals surface area contributed by atoms with Crippen molar-refractivity contribution in [3.8, 4) is 0 Å². The first-order chi connectivity index (χ1) is 11.3. The molecule has 2 aromatic rings. The Labute approximate surface area is 151 Å². The van der Waals surface area contributed by atoms with Gasteiger partial charge in [-0.2, -0.15) is 0 Å². The molecule has 0 heterocycles. The fraction of sp³-hybridized carbons (Fsp3) is 0.176. The third-order valence-electron chi connectivity index (χ3n) is 3.27. The van der Waals surface area contributed by atoms with Gasteiger partial charge in [-0.05, 0) is 58.0 Å². The molecule has 1 amide bonds. The highest BCUT2D eigenvalue weighted by atomic mass is 127. The van der Waals surface area contributed by atoms with E-state index >= 15 is 0 Å². The molecular formula is C17H14F2INO3.